The van der Waals surface area contributed by atoms with Crippen LogP contribution in [0.25, 0.3) is 0 Å². The fraction of sp³-hybridized carbons (Fsp3) is 0.571. The summed E-state index contributed by atoms with van der Waals surface area (Å²) in [5.74, 6) is 1.59. The molecule has 0 saturated carbocycles. The van der Waals surface area contributed by atoms with Gasteiger partial charge in [0.25, 0.3) is 0 Å². The number of hydrogen-bond donors (Lipinski definition) is 2. The van der Waals surface area contributed by atoms with E-state index in [1.165, 1.54) is 0 Å². The van der Waals surface area contributed by atoms with E-state index in [0.29, 0.717) is 13.2 Å². The van der Waals surface area contributed by atoms with Crippen LogP contribution in [-0.4, -0.2) is 32.0 Å². The molecule has 0 aliphatic carbocycles. The maximum Gasteiger partial charge on any atom is 0.161 e. The lowest BCUT2D eigenvalue weighted by atomic mass is 10.00. The lowest BCUT2D eigenvalue weighted by molar-refractivity contribution is 0.229. The normalized spacial score (nSPS) is 12.2. The van der Waals surface area contributed by atoms with Crippen molar-refractivity contribution >= 4 is 0 Å². The van der Waals surface area contributed by atoms with Gasteiger partial charge in [-0.2, -0.15) is 0 Å². The Morgan fingerprint density at radius 3 is 2.67 bits per heavy atom. The van der Waals surface area contributed by atoms with E-state index in [-0.39, 0.29) is 12.5 Å². The molecule has 4 heteroatoms. The zero-order valence-electron chi connectivity index (χ0n) is 11.2. The van der Waals surface area contributed by atoms with Crippen LogP contribution in [0.2, 0.25) is 0 Å². The van der Waals surface area contributed by atoms with E-state index >= 15 is 0 Å². The summed E-state index contributed by atoms with van der Waals surface area (Å²) in [5.41, 5.74) is 6.69. The minimum atomic E-state index is 0.0948. The first kappa shape index (κ1) is 14.8. The highest BCUT2D eigenvalue weighted by atomic mass is 16.5. The number of methoxy groups -OCH3 is 1. The molecule has 1 atom stereocenters. The molecule has 4 nitrogen and oxygen atoms in total. The van der Waals surface area contributed by atoms with Crippen LogP contribution in [0.1, 0.15) is 18.9 Å². The summed E-state index contributed by atoms with van der Waals surface area (Å²) in [6.07, 6.45) is 1.70. The minimum Gasteiger partial charge on any atom is -0.493 e. The van der Waals surface area contributed by atoms with Gasteiger partial charge >= 0.3 is 0 Å². The maximum atomic E-state index is 9.16. The van der Waals surface area contributed by atoms with Crippen molar-refractivity contribution < 1.29 is 14.6 Å². The minimum absolute atomic E-state index is 0.0948. The highest BCUT2D eigenvalue weighted by Gasteiger charge is 2.10. The number of ether oxygens (including phenoxy) is 2. The first-order valence-corrected chi connectivity index (χ1v) is 6.35. The standard InChI is InChI=1S/C14H23NO3/c1-3-6-18-14-8-11(4-5-13(14)17-2)7-12(9-15)10-16/h4-5,8,12,16H,3,6-7,9-10,15H2,1-2H3. The van der Waals surface area contributed by atoms with Gasteiger partial charge in [0.1, 0.15) is 0 Å². The molecule has 0 saturated heterocycles. The van der Waals surface area contributed by atoms with Crippen LogP contribution < -0.4 is 15.2 Å². The maximum absolute atomic E-state index is 9.16. The van der Waals surface area contributed by atoms with Crippen molar-refractivity contribution in [2.24, 2.45) is 11.7 Å². The van der Waals surface area contributed by atoms with Gasteiger partial charge in [-0.15, -0.1) is 0 Å². The number of benzene rings is 1. The predicted octanol–water partition coefficient (Wildman–Crippen LogP) is 1.59. The zero-order chi connectivity index (χ0) is 13.4. The van der Waals surface area contributed by atoms with Crippen LogP contribution in [0.5, 0.6) is 11.5 Å². The number of aliphatic hydroxyl groups is 1. The summed E-state index contributed by atoms with van der Waals surface area (Å²) in [7, 11) is 1.63. The van der Waals surface area contributed by atoms with E-state index in [2.05, 4.69) is 6.92 Å². The third kappa shape index (κ3) is 4.20. The molecule has 0 bridgehead atoms. The molecule has 0 radical (unpaired) electrons. The summed E-state index contributed by atoms with van der Waals surface area (Å²) >= 11 is 0. The van der Waals surface area contributed by atoms with Crippen molar-refractivity contribution in [1.29, 1.82) is 0 Å². The molecule has 0 aliphatic rings. The molecular weight excluding hydrogens is 230 g/mol. The average Bonchev–Trinajstić information content (AvgIpc) is 2.42. The molecule has 1 aromatic rings. The summed E-state index contributed by atoms with van der Waals surface area (Å²) in [6.45, 7) is 3.31. The van der Waals surface area contributed by atoms with Crippen molar-refractivity contribution in [2.75, 3.05) is 26.9 Å². The third-order valence-corrected chi connectivity index (χ3v) is 2.81. The number of nitrogens with two attached hydrogens (primary N) is 1. The highest BCUT2D eigenvalue weighted by Crippen LogP contribution is 2.29. The topological polar surface area (TPSA) is 64.7 Å². The van der Waals surface area contributed by atoms with Crippen LogP contribution in [0, 0.1) is 5.92 Å². The van der Waals surface area contributed by atoms with Gasteiger partial charge in [0, 0.05) is 6.61 Å². The van der Waals surface area contributed by atoms with E-state index in [9.17, 15) is 0 Å². The van der Waals surface area contributed by atoms with Gasteiger partial charge in [-0.3, -0.25) is 0 Å². The first-order chi connectivity index (χ1) is 8.74. The van der Waals surface area contributed by atoms with Crippen LogP contribution in [0.4, 0.5) is 0 Å². The van der Waals surface area contributed by atoms with Crippen LogP contribution >= 0.6 is 0 Å². The highest BCUT2D eigenvalue weighted by molar-refractivity contribution is 5.43. The Bertz CT molecular complexity index is 351. The van der Waals surface area contributed by atoms with Crippen molar-refractivity contribution in [1.82, 2.24) is 0 Å². The Morgan fingerprint density at radius 2 is 2.11 bits per heavy atom. The van der Waals surface area contributed by atoms with Crippen LogP contribution in [0.15, 0.2) is 18.2 Å². The van der Waals surface area contributed by atoms with Gasteiger partial charge in [0.05, 0.1) is 13.7 Å². The van der Waals surface area contributed by atoms with Gasteiger partial charge in [-0.05, 0) is 43.0 Å². The lowest BCUT2D eigenvalue weighted by Gasteiger charge is -2.14. The Kier molecular flexibility index (Phi) is 6.54. The Morgan fingerprint density at radius 1 is 1.33 bits per heavy atom. The van der Waals surface area contributed by atoms with Gasteiger partial charge in [-0.25, -0.2) is 0 Å². The zero-order valence-corrected chi connectivity index (χ0v) is 11.2. The van der Waals surface area contributed by atoms with Crippen molar-refractivity contribution in [2.45, 2.75) is 19.8 Å². The smallest absolute Gasteiger partial charge is 0.161 e. The molecule has 0 amide bonds. The van der Waals surface area contributed by atoms with Crippen LogP contribution in [0.3, 0.4) is 0 Å². The van der Waals surface area contributed by atoms with Gasteiger partial charge in [0.2, 0.25) is 0 Å². The molecule has 0 aliphatic heterocycles. The van der Waals surface area contributed by atoms with Crippen LogP contribution in [-0.2, 0) is 6.42 Å². The first-order valence-electron chi connectivity index (χ1n) is 6.35. The Balaban J connectivity index is 2.80. The van der Waals surface area contributed by atoms with E-state index in [4.69, 9.17) is 20.3 Å². The van der Waals surface area contributed by atoms with E-state index in [0.717, 1.165) is 29.9 Å². The Hall–Kier alpha value is -1.26. The molecule has 0 heterocycles. The van der Waals surface area contributed by atoms with Gasteiger partial charge in [0.15, 0.2) is 11.5 Å². The summed E-state index contributed by atoms with van der Waals surface area (Å²) in [5, 5.41) is 9.16. The van der Waals surface area contributed by atoms with Gasteiger partial charge in [-0.1, -0.05) is 13.0 Å². The van der Waals surface area contributed by atoms with E-state index in [1.807, 2.05) is 18.2 Å². The number of rotatable bonds is 8. The fourth-order valence-corrected chi connectivity index (χ4v) is 1.73. The quantitative estimate of drug-likeness (QED) is 0.738. The molecule has 1 rings (SSSR count). The SMILES string of the molecule is CCCOc1cc(CC(CN)CO)ccc1OC. The molecule has 0 aromatic heterocycles. The van der Waals surface area contributed by atoms with Crippen molar-refractivity contribution in [3.8, 4) is 11.5 Å². The molecule has 18 heavy (non-hydrogen) atoms. The van der Waals surface area contributed by atoms with Crippen molar-refractivity contribution in [3.63, 3.8) is 0 Å². The summed E-state index contributed by atoms with van der Waals surface area (Å²) in [4.78, 5) is 0. The summed E-state index contributed by atoms with van der Waals surface area (Å²) < 4.78 is 10.9. The average molecular weight is 253 g/mol. The second-order valence-electron chi connectivity index (χ2n) is 4.32. The van der Waals surface area contributed by atoms with E-state index < -0.39 is 0 Å². The molecular formula is C14H23NO3. The predicted molar refractivity (Wildman–Crippen MR) is 72.1 cm³/mol. The lowest BCUT2D eigenvalue weighted by Crippen LogP contribution is -2.20. The Labute approximate surface area is 109 Å². The summed E-state index contributed by atoms with van der Waals surface area (Å²) in [6, 6.07) is 5.84. The molecule has 1 aromatic carbocycles. The molecule has 0 spiro atoms. The molecule has 0 fully saturated rings. The fourth-order valence-electron chi connectivity index (χ4n) is 1.73. The molecule has 1 unspecified atom stereocenters. The van der Waals surface area contributed by atoms with E-state index in [1.54, 1.807) is 7.11 Å². The molecule has 102 valence electrons. The number of hydrogen-bond acceptors (Lipinski definition) is 4. The number of aliphatic hydroxyl groups excluding tert-OH is 1. The largest absolute Gasteiger partial charge is 0.493 e. The second kappa shape index (κ2) is 7.95. The second-order valence-corrected chi connectivity index (χ2v) is 4.32. The van der Waals surface area contributed by atoms with Crippen molar-refractivity contribution in [3.05, 3.63) is 23.8 Å². The van der Waals surface area contributed by atoms with Gasteiger partial charge < -0.3 is 20.3 Å². The monoisotopic (exact) mass is 253 g/mol. The molecule has 3 N–H and O–H groups in total. The third-order valence-electron chi connectivity index (χ3n) is 2.81.